The summed E-state index contributed by atoms with van der Waals surface area (Å²) in [6.07, 6.45) is 0.974. The minimum atomic E-state index is -0.715. The Morgan fingerprint density at radius 2 is 1.72 bits per heavy atom. The third-order valence-electron chi connectivity index (χ3n) is 5.46. The molecule has 184 valence electrons. The first-order valence-corrected chi connectivity index (χ1v) is 11.4. The van der Waals surface area contributed by atoms with Gasteiger partial charge < -0.3 is 9.47 Å². The van der Waals surface area contributed by atoms with Gasteiger partial charge in [0.15, 0.2) is 5.75 Å². The van der Waals surface area contributed by atoms with Crippen molar-refractivity contribution in [2.24, 2.45) is 0 Å². The van der Waals surface area contributed by atoms with Gasteiger partial charge in [-0.05, 0) is 69.7 Å². The zero-order valence-corrected chi connectivity index (χ0v) is 21.1. The van der Waals surface area contributed by atoms with E-state index in [0.29, 0.717) is 33.8 Å². The van der Waals surface area contributed by atoms with Crippen LogP contribution in [0.25, 0.3) is 0 Å². The van der Waals surface area contributed by atoms with Gasteiger partial charge in [0.05, 0.1) is 29.8 Å². The Morgan fingerprint density at radius 1 is 1.06 bits per heavy atom. The van der Waals surface area contributed by atoms with Crippen molar-refractivity contribution < 1.29 is 24.2 Å². The molecule has 0 spiro atoms. The lowest BCUT2D eigenvalue weighted by Crippen LogP contribution is -2.39. The van der Waals surface area contributed by atoms with Crippen LogP contribution in [0.3, 0.4) is 0 Å². The minimum Gasteiger partial charge on any atom is -0.482 e. The number of hydrogen-bond donors (Lipinski definition) is 1. The molecule has 1 aromatic heterocycles. The minimum absolute atomic E-state index is 0.0910. The predicted octanol–water partition coefficient (Wildman–Crippen LogP) is 5.09. The average molecular weight is 486 g/mol. The number of hydrogen-bond acceptors (Lipinski definition) is 6. The van der Waals surface area contributed by atoms with E-state index >= 15 is 0 Å². The van der Waals surface area contributed by atoms with Crippen LogP contribution in [0.4, 0.5) is 10.5 Å². The van der Waals surface area contributed by atoms with Gasteiger partial charge in [-0.15, -0.1) is 0 Å². The maximum atomic E-state index is 13.1. The lowest BCUT2D eigenvalue weighted by atomic mass is 10.1. The topological polar surface area (TPSA) is 110 Å². The molecule has 2 aromatic carbocycles. The van der Waals surface area contributed by atoms with Gasteiger partial charge in [-0.25, -0.2) is 4.79 Å². The predicted molar refractivity (Wildman–Crippen MR) is 132 cm³/mol. The highest BCUT2D eigenvalue weighted by molar-refractivity contribution is 5.88. The van der Waals surface area contributed by atoms with E-state index in [0.717, 1.165) is 15.9 Å². The van der Waals surface area contributed by atoms with Gasteiger partial charge in [0.2, 0.25) is 6.20 Å². The van der Waals surface area contributed by atoms with Crippen LogP contribution in [-0.4, -0.2) is 16.9 Å². The fraction of sp³-hybridized carbons (Fsp3) is 0.286. The van der Waals surface area contributed by atoms with Crippen molar-refractivity contribution in [3.8, 4) is 17.9 Å². The lowest BCUT2D eigenvalue weighted by Gasteiger charge is -2.28. The number of nitrogens with zero attached hydrogens (tertiary/aromatic N) is 4. The van der Waals surface area contributed by atoms with E-state index in [4.69, 9.17) is 20.0 Å². The largest absolute Gasteiger partial charge is 0.482 e. The number of amides is 1. The standard InChI is InChI=1S/C28H29N4O4/c1-19-24(16-31(27(33)36-28(3,4)5)25-11-9-21(14-29)10-12-25)17-32(34)20(2)26(19)35-18-23-8-6-7-22(13-23)15-30/h6-13,17,34H,16,18H2,1-5H3/q+1. The average Bonchev–Trinajstić information content (AvgIpc) is 2.84. The molecule has 1 amide bonds. The number of carbonyl (C=O) groups excluding carboxylic acids is 1. The molecule has 0 radical (unpaired) electrons. The van der Waals surface area contributed by atoms with Crippen LogP contribution in [0.5, 0.6) is 5.75 Å². The van der Waals surface area contributed by atoms with Crippen molar-refractivity contribution in [2.75, 3.05) is 4.90 Å². The van der Waals surface area contributed by atoms with Crippen LogP contribution in [0.2, 0.25) is 0 Å². The molecular formula is C28H29N4O4+. The van der Waals surface area contributed by atoms with Crippen molar-refractivity contribution >= 4 is 11.8 Å². The molecule has 0 bridgehead atoms. The molecule has 1 heterocycles. The second kappa shape index (κ2) is 10.8. The first-order valence-electron chi connectivity index (χ1n) is 11.4. The summed E-state index contributed by atoms with van der Waals surface area (Å²) in [5.74, 6) is 0.473. The number of rotatable bonds is 6. The van der Waals surface area contributed by atoms with Gasteiger partial charge in [0.25, 0.3) is 5.69 Å². The molecule has 0 aliphatic carbocycles. The number of ether oxygens (including phenoxy) is 2. The molecule has 3 rings (SSSR count). The number of nitriles is 2. The van der Waals surface area contributed by atoms with Crippen molar-refractivity contribution in [1.29, 1.82) is 10.5 Å². The maximum absolute atomic E-state index is 13.1. The normalized spacial score (nSPS) is 10.8. The van der Waals surface area contributed by atoms with E-state index in [-0.39, 0.29) is 13.2 Å². The molecule has 36 heavy (non-hydrogen) atoms. The van der Waals surface area contributed by atoms with Crippen molar-refractivity contribution in [1.82, 2.24) is 0 Å². The quantitative estimate of drug-likeness (QED) is 0.384. The molecule has 8 nitrogen and oxygen atoms in total. The van der Waals surface area contributed by atoms with E-state index in [9.17, 15) is 10.0 Å². The van der Waals surface area contributed by atoms with Crippen molar-refractivity contribution in [3.05, 3.63) is 88.2 Å². The summed E-state index contributed by atoms with van der Waals surface area (Å²) < 4.78 is 12.7. The third-order valence-corrected chi connectivity index (χ3v) is 5.46. The zero-order chi connectivity index (χ0) is 26.5. The SMILES string of the molecule is Cc1c(CN(C(=O)OC(C)(C)C)c2ccc(C#N)cc2)c[n+](O)c(C)c1OCc1cccc(C#N)c1. The summed E-state index contributed by atoms with van der Waals surface area (Å²) in [5, 5.41) is 28.9. The summed E-state index contributed by atoms with van der Waals surface area (Å²) in [5.41, 5.74) is 3.53. The number of pyridine rings is 1. The molecule has 1 N–H and O–H groups in total. The van der Waals surface area contributed by atoms with Gasteiger partial charge in [0.1, 0.15) is 12.2 Å². The molecule has 0 aliphatic heterocycles. The van der Waals surface area contributed by atoms with Crippen LogP contribution in [0.15, 0.2) is 54.7 Å². The van der Waals surface area contributed by atoms with E-state index in [2.05, 4.69) is 12.1 Å². The van der Waals surface area contributed by atoms with Gasteiger partial charge in [-0.3, -0.25) is 10.1 Å². The number of aromatic nitrogens is 1. The van der Waals surface area contributed by atoms with E-state index in [1.54, 1.807) is 70.2 Å². The second-order valence-electron chi connectivity index (χ2n) is 9.36. The molecule has 0 atom stereocenters. The number of carbonyl (C=O) groups is 1. The van der Waals surface area contributed by atoms with Crippen LogP contribution in [0.1, 0.15) is 54.3 Å². The van der Waals surface area contributed by atoms with Crippen molar-refractivity contribution in [3.63, 3.8) is 0 Å². The molecule has 0 saturated carbocycles. The maximum Gasteiger partial charge on any atom is 0.415 e. The van der Waals surface area contributed by atoms with Crippen molar-refractivity contribution in [2.45, 2.75) is 53.4 Å². The fourth-order valence-electron chi connectivity index (χ4n) is 3.59. The Bertz CT molecular complexity index is 1350. The number of benzene rings is 2. The third kappa shape index (κ3) is 6.31. The Labute approximate surface area is 211 Å². The Hall–Kier alpha value is -4.56. The highest BCUT2D eigenvalue weighted by Gasteiger charge is 2.28. The van der Waals surface area contributed by atoms with Crippen LogP contribution < -0.4 is 14.4 Å². The Balaban J connectivity index is 1.96. The van der Waals surface area contributed by atoms with Gasteiger partial charge >= 0.3 is 6.09 Å². The smallest absolute Gasteiger partial charge is 0.415 e. The summed E-state index contributed by atoms with van der Waals surface area (Å²) in [7, 11) is 0. The molecule has 0 aliphatic rings. The van der Waals surface area contributed by atoms with Crippen LogP contribution in [0, 0.1) is 36.5 Å². The molecule has 0 unspecified atom stereocenters. The van der Waals surface area contributed by atoms with E-state index in [1.165, 1.54) is 11.1 Å². The lowest BCUT2D eigenvalue weighted by molar-refractivity contribution is -0.909. The molecule has 3 aromatic rings. The van der Waals surface area contributed by atoms with Crippen LogP contribution >= 0.6 is 0 Å². The first kappa shape index (κ1) is 26.1. The van der Waals surface area contributed by atoms with E-state index in [1.807, 2.05) is 13.0 Å². The molecule has 0 fully saturated rings. The monoisotopic (exact) mass is 485 g/mol. The molecule has 0 saturated heterocycles. The second-order valence-corrected chi connectivity index (χ2v) is 9.36. The van der Waals surface area contributed by atoms with E-state index < -0.39 is 11.7 Å². The Morgan fingerprint density at radius 3 is 2.33 bits per heavy atom. The number of anilines is 1. The molecular weight excluding hydrogens is 456 g/mol. The van der Waals surface area contributed by atoms with Crippen LogP contribution in [-0.2, 0) is 17.9 Å². The first-order chi connectivity index (χ1) is 17.0. The van der Waals surface area contributed by atoms with Gasteiger partial charge in [-0.1, -0.05) is 12.1 Å². The summed E-state index contributed by atoms with van der Waals surface area (Å²) >= 11 is 0. The summed E-state index contributed by atoms with van der Waals surface area (Å²) in [6, 6.07) is 17.9. The summed E-state index contributed by atoms with van der Waals surface area (Å²) in [6.45, 7) is 9.23. The zero-order valence-electron chi connectivity index (χ0n) is 21.1. The fourth-order valence-corrected chi connectivity index (χ4v) is 3.59. The highest BCUT2D eigenvalue weighted by Crippen LogP contribution is 2.28. The molecule has 8 heteroatoms. The van der Waals surface area contributed by atoms with Gasteiger partial charge in [0, 0.05) is 28.5 Å². The Kier molecular flexibility index (Phi) is 7.81. The highest BCUT2D eigenvalue weighted by atomic mass is 16.6. The summed E-state index contributed by atoms with van der Waals surface area (Å²) in [4.78, 5) is 14.6. The van der Waals surface area contributed by atoms with Gasteiger partial charge in [-0.2, -0.15) is 10.5 Å².